The van der Waals surface area contributed by atoms with E-state index in [9.17, 15) is 4.79 Å². The lowest BCUT2D eigenvalue weighted by atomic mass is 10.5. The van der Waals surface area contributed by atoms with Crippen LogP contribution in [0.3, 0.4) is 0 Å². The molecule has 1 amide bonds. The van der Waals surface area contributed by atoms with Crippen LogP contribution in [0.1, 0.15) is 6.42 Å². The van der Waals surface area contributed by atoms with E-state index in [1.165, 1.54) is 6.21 Å². The molecule has 40 valence electrons. The van der Waals surface area contributed by atoms with Crippen molar-refractivity contribution in [2.24, 2.45) is 10.7 Å². The van der Waals surface area contributed by atoms with Crippen LogP contribution in [0.15, 0.2) is 4.99 Å². The van der Waals surface area contributed by atoms with E-state index < -0.39 is 0 Å². The van der Waals surface area contributed by atoms with E-state index in [1.54, 1.807) is 7.05 Å². The number of carbonyl (C=O) groups excluding carboxylic acids is 1. The SMILES string of the molecule is C/N=C/CC(N)=O. The fourth-order valence-corrected chi connectivity index (χ4v) is 0.181. The monoisotopic (exact) mass is 100 g/mol. The zero-order valence-electron chi connectivity index (χ0n) is 4.22. The molecular formula is C4H8N2O. The molecule has 0 unspecified atom stereocenters. The van der Waals surface area contributed by atoms with Crippen LogP contribution in [0.5, 0.6) is 0 Å². The molecular weight excluding hydrogens is 92.1 g/mol. The van der Waals surface area contributed by atoms with Crippen molar-refractivity contribution in [2.45, 2.75) is 6.42 Å². The third-order valence-electron chi connectivity index (χ3n) is 0.475. The van der Waals surface area contributed by atoms with Gasteiger partial charge in [-0.3, -0.25) is 4.79 Å². The molecule has 0 aromatic carbocycles. The second kappa shape index (κ2) is 3.33. The summed E-state index contributed by atoms with van der Waals surface area (Å²) in [5.41, 5.74) is 4.75. The van der Waals surface area contributed by atoms with Gasteiger partial charge in [-0.2, -0.15) is 0 Å². The Kier molecular flexibility index (Phi) is 2.92. The number of amides is 1. The van der Waals surface area contributed by atoms with Crippen LogP contribution >= 0.6 is 0 Å². The Morgan fingerprint density at radius 1 is 2.00 bits per heavy atom. The fraction of sp³-hybridized carbons (Fsp3) is 0.500. The summed E-state index contributed by atoms with van der Waals surface area (Å²) in [6.45, 7) is 0. The topological polar surface area (TPSA) is 55.4 Å². The fourth-order valence-electron chi connectivity index (χ4n) is 0.181. The van der Waals surface area contributed by atoms with E-state index in [-0.39, 0.29) is 12.3 Å². The number of carbonyl (C=O) groups is 1. The molecule has 0 radical (unpaired) electrons. The lowest BCUT2D eigenvalue weighted by molar-refractivity contribution is -0.116. The molecule has 0 aliphatic rings. The minimum absolute atomic E-state index is 0.247. The highest BCUT2D eigenvalue weighted by molar-refractivity contribution is 5.88. The number of primary amides is 1. The molecule has 0 aliphatic carbocycles. The van der Waals surface area contributed by atoms with Crippen LogP contribution < -0.4 is 5.73 Å². The Bertz CT molecular complexity index is 87.7. The zero-order chi connectivity index (χ0) is 5.70. The maximum atomic E-state index is 9.89. The quantitative estimate of drug-likeness (QED) is 0.470. The molecule has 0 rings (SSSR count). The largest absolute Gasteiger partial charge is 0.369 e. The summed E-state index contributed by atoms with van der Waals surface area (Å²) >= 11 is 0. The van der Waals surface area contributed by atoms with Gasteiger partial charge in [-0.05, 0) is 0 Å². The van der Waals surface area contributed by atoms with Crippen molar-refractivity contribution in [2.75, 3.05) is 7.05 Å². The van der Waals surface area contributed by atoms with Crippen molar-refractivity contribution >= 4 is 12.1 Å². The van der Waals surface area contributed by atoms with Crippen molar-refractivity contribution in [3.05, 3.63) is 0 Å². The number of aliphatic imine (C=N–C) groups is 1. The van der Waals surface area contributed by atoms with Gasteiger partial charge in [0.2, 0.25) is 5.91 Å². The first-order chi connectivity index (χ1) is 3.27. The summed E-state index contributed by atoms with van der Waals surface area (Å²) in [6.07, 6.45) is 1.72. The van der Waals surface area contributed by atoms with Gasteiger partial charge in [0.05, 0.1) is 6.42 Å². The average Bonchev–Trinajstić information content (AvgIpc) is 1.61. The minimum atomic E-state index is -0.342. The van der Waals surface area contributed by atoms with Crippen molar-refractivity contribution in [1.29, 1.82) is 0 Å². The molecule has 0 fully saturated rings. The zero-order valence-corrected chi connectivity index (χ0v) is 4.22. The molecule has 0 bridgehead atoms. The highest BCUT2D eigenvalue weighted by atomic mass is 16.1. The lowest BCUT2D eigenvalue weighted by Gasteiger charge is -1.78. The lowest BCUT2D eigenvalue weighted by Crippen LogP contribution is -2.09. The molecule has 0 saturated carbocycles. The van der Waals surface area contributed by atoms with Gasteiger partial charge >= 0.3 is 0 Å². The van der Waals surface area contributed by atoms with E-state index in [2.05, 4.69) is 4.99 Å². The number of hydrogen-bond donors (Lipinski definition) is 1. The Morgan fingerprint density at radius 3 is 2.71 bits per heavy atom. The summed E-state index contributed by atoms with van der Waals surface area (Å²) in [4.78, 5) is 13.4. The van der Waals surface area contributed by atoms with Crippen molar-refractivity contribution in [1.82, 2.24) is 0 Å². The summed E-state index contributed by atoms with van der Waals surface area (Å²) < 4.78 is 0. The summed E-state index contributed by atoms with van der Waals surface area (Å²) in [5.74, 6) is -0.342. The molecule has 2 N–H and O–H groups in total. The van der Waals surface area contributed by atoms with Crippen molar-refractivity contribution in [3.8, 4) is 0 Å². The van der Waals surface area contributed by atoms with E-state index in [0.29, 0.717) is 0 Å². The first-order valence-corrected chi connectivity index (χ1v) is 1.96. The average molecular weight is 100 g/mol. The molecule has 0 aliphatic heterocycles. The van der Waals surface area contributed by atoms with E-state index >= 15 is 0 Å². The first kappa shape index (κ1) is 6.14. The van der Waals surface area contributed by atoms with Gasteiger partial charge in [0.15, 0.2) is 0 Å². The van der Waals surface area contributed by atoms with E-state index in [4.69, 9.17) is 5.73 Å². The molecule has 3 heteroatoms. The minimum Gasteiger partial charge on any atom is -0.369 e. The Hall–Kier alpha value is -0.860. The number of rotatable bonds is 2. The first-order valence-electron chi connectivity index (χ1n) is 1.96. The molecule has 0 atom stereocenters. The number of hydrogen-bond acceptors (Lipinski definition) is 2. The second-order valence-corrected chi connectivity index (χ2v) is 1.11. The molecule has 0 heterocycles. The van der Waals surface area contributed by atoms with Gasteiger partial charge in [-0.1, -0.05) is 0 Å². The maximum absolute atomic E-state index is 9.89. The van der Waals surface area contributed by atoms with Gasteiger partial charge < -0.3 is 10.7 Å². The van der Waals surface area contributed by atoms with Gasteiger partial charge in [0.1, 0.15) is 0 Å². The molecule has 0 spiro atoms. The summed E-state index contributed by atoms with van der Waals surface area (Å²) in [6, 6.07) is 0. The van der Waals surface area contributed by atoms with Gasteiger partial charge in [-0.15, -0.1) is 0 Å². The van der Waals surface area contributed by atoms with Crippen LogP contribution in [0.2, 0.25) is 0 Å². The smallest absolute Gasteiger partial charge is 0.222 e. The highest BCUT2D eigenvalue weighted by Gasteiger charge is 1.83. The number of nitrogens with two attached hydrogens (primary N) is 1. The van der Waals surface area contributed by atoms with E-state index in [1.807, 2.05) is 0 Å². The van der Waals surface area contributed by atoms with Gasteiger partial charge in [0, 0.05) is 13.3 Å². The van der Waals surface area contributed by atoms with Crippen LogP contribution in [0.25, 0.3) is 0 Å². The summed E-state index contributed by atoms with van der Waals surface area (Å²) in [7, 11) is 1.60. The predicted molar refractivity (Wildman–Crippen MR) is 28.2 cm³/mol. The van der Waals surface area contributed by atoms with Crippen LogP contribution in [-0.2, 0) is 4.79 Å². The van der Waals surface area contributed by atoms with Crippen molar-refractivity contribution < 1.29 is 4.79 Å². The van der Waals surface area contributed by atoms with Crippen LogP contribution in [-0.4, -0.2) is 19.2 Å². The maximum Gasteiger partial charge on any atom is 0.222 e. The van der Waals surface area contributed by atoms with E-state index in [0.717, 1.165) is 0 Å². The second-order valence-electron chi connectivity index (χ2n) is 1.11. The predicted octanol–water partition coefficient (Wildman–Crippen LogP) is -0.438. The third-order valence-corrected chi connectivity index (χ3v) is 0.475. The van der Waals surface area contributed by atoms with Crippen LogP contribution in [0, 0.1) is 0 Å². The van der Waals surface area contributed by atoms with Crippen LogP contribution in [0.4, 0.5) is 0 Å². The van der Waals surface area contributed by atoms with Gasteiger partial charge in [-0.25, -0.2) is 0 Å². The third kappa shape index (κ3) is 5.14. The van der Waals surface area contributed by atoms with Gasteiger partial charge in [0.25, 0.3) is 0 Å². The van der Waals surface area contributed by atoms with Crippen molar-refractivity contribution in [3.63, 3.8) is 0 Å². The summed E-state index contributed by atoms with van der Waals surface area (Å²) in [5, 5.41) is 0. The molecule has 0 saturated heterocycles. The Morgan fingerprint density at radius 2 is 2.57 bits per heavy atom. The molecule has 7 heavy (non-hydrogen) atoms. The molecule has 3 nitrogen and oxygen atoms in total. The standard InChI is InChI=1S/C4H8N2O/c1-6-3-2-4(5)7/h3H,2H2,1H3,(H2,5,7)/b6-3+. The molecule has 0 aromatic rings. The Labute approximate surface area is 42.2 Å². The Balaban J connectivity index is 3.14. The molecule has 0 aromatic heterocycles. The highest BCUT2D eigenvalue weighted by Crippen LogP contribution is 1.65. The number of nitrogens with zero attached hydrogens (tertiary/aromatic N) is 1. The normalized spacial score (nSPS) is 9.86.